The van der Waals surface area contributed by atoms with Gasteiger partial charge in [0.2, 0.25) is 0 Å². The number of hydrogen-bond donors (Lipinski definition) is 0. The third-order valence-electron chi connectivity index (χ3n) is 3.25. The summed E-state index contributed by atoms with van der Waals surface area (Å²) < 4.78 is 0. The minimum Gasteiger partial charge on any atom is -0.0891 e. The summed E-state index contributed by atoms with van der Waals surface area (Å²) in [7, 11) is -0.642. The fourth-order valence-electron chi connectivity index (χ4n) is 2.09. The Morgan fingerprint density at radius 2 is 1.36 bits per heavy atom. The van der Waals surface area contributed by atoms with E-state index in [1.807, 2.05) is 12.1 Å². The maximum absolute atomic E-state index is 3.38. The number of hydrogen-bond acceptors (Lipinski definition) is 0. The van der Waals surface area contributed by atoms with E-state index in [-0.39, 0.29) is 0 Å². The largest absolute Gasteiger partial charge is 0.0891 e. The first-order chi connectivity index (χ1) is 10.9. The van der Waals surface area contributed by atoms with Crippen molar-refractivity contribution in [1.29, 1.82) is 0 Å². The molecule has 0 amide bonds. The summed E-state index contributed by atoms with van der Waals surface area (Å²) in [6.07, 6.45) is 4.62. The Balaban J connectivity index is 2.13. The Labute approximate surface area is 135 Å². The molecule has 0 aromatic heterocycles. The average molecular weight is 304 g/mol. The Morgan fingerprint density at radius 3 is 1.91 bits per heavy atom. The van der Waals surface area contributed by atoms with Gasteiger partial charge in [-0.3, -0.25) is 0 Å². The van der Waals surface area contributed by atoms with Crippen molar-refractivity contribution in [2.75, 3.05) is 0 Å². The lowest BCUT2D eigenvalue weighted by atomic mass is 10.2. The van der Waals surface area contributed by atoms with Crippen LogP contribution < -0.4 is 10.6 Å². The van der Waals surface area contributed by atoms with Crippen molar-refractivity contribution >= 4 is 18.5 Å². The number of rotatable bonds is 5. The second kappa shape index (κ2) is 9.84. The highest BCUT2D eigenvalue weighted by Crippen LogP contribution is 2.31. The van der Waals surface area contributed by atoms with Crippen molar-refractivity contribution in [3.05, 3.63) is 60.7 Å². The van der Waals surface area contributed by atoms with E-state index in [4.69, 9.17) is 0 Å². The van der Waals surface area contributed by atoms with E-state index in [2.05, 4.69) is 78.9 Å². The molecule has 0 fully saturated rings. The highest BCUT2D eigenvalue weighted by atomic mass is 31.1. The molecule has 0 radical (unpaired) electrons. The van der Waals surface area contributed by atoms with Gasteiger partial charge in [0.25, 0.3) is 0 Å². The van der Waals surface area contributed by atoms with Gasteiger partial charge >= 0.3 is 0 Å². The first-order valence-electron chi connectivity index (χ1n) is 7.80. The van der Waals surface area contributed by atoms with Crippen molar-refractivity contribution in [3.8, 4) is 23.4 Å². The molecule has 110 valence electrons. The maximum Gasteiger partial charge on any atom is 0.0355 e. The molecule has 2 rings (SSSR count). The van der Waals surface area contributed by atoms with E-state index < -0.39 is 7.92 Å². The first kappa shape index (κ1) is 16.4. The van der Waals surface area contributed by atoms with Gasteiger partial charge in [-0.25, -0.2) is 0 Å². The van der Waals surface area contributed by atoms with Crippen LogP contribution in [0.4, 0.5) is 0 Å². The first-order valence-corrected chi connectivity index (χ1v) is 9.14. The highest BCUT2D eigenvalue weighted by molar-refractivity contribution is 7.77. The molecule has 2 aromatic rings. The van der Waals surface area contributed by atoms with Crippen LogP contribution in [0.1, 0.15) is 32.6 Å². The standard InChI is InChI=1S/C21H21P/c1-2-3-4-5-6-7-14-19-22(20-15-10-8-11-16-20)21-17-12-9-13-18-21/h8-13,15-18H,2-5H2,1H3. The molecular weight excluding hydrogens is 283 g/mol. The Hall–Kier alpha value is -2.01. The van der Waals surface area contributed by atoms with Crippen molar-refractivity contribution in [3.63, 3.8) is 0 Å². The van der Waals surface area contributed by atoms with Gasteiger partial charge in [0.1, 0.15) is 0 Å². The van der Waals surface area contributed by atoms with Gasteiger partial charge in [-0.2, -0.15) is 0 Å². The van der Waals surface area contributed by atoms with Crippen LogP contribution in [-0.4, -0.2) is 0 Å². The lowest BCUT2D eigenvalue weighted by Gasteiger charge is -2.10. The molecule has 0 heterocycles. The molecule has 1 heteroatoms. The molecular formula is C21H21P. The molecule has 0 N–H and O–H groups in total. The normalized spacial score (nSPS) is 9.55. The van der Waals surface area contributed by atoms with Crippen LogP contribution in [0.5, 0.6) is 0 Å². The number of unbranched alkanes of at least 4 members (excludes halogenated alkanes) is 3. The monoisotopic (exact) mass is 304 g/mol. The van der Waals surface area contributed by atoms with Crippen LogP contribution in [0, 0.1) is 23.4 Å². The zero-order valence-electron chi connectivity index (χ0n) is 13.0. The van der Waals surface area contributed by atoms with Crippen LogP contribution in [0.25, 0.3) is 0 Å². The number of benzene rings is 2. The molecule has 0 saturated heterocycles. The topological polar surface area (TPSA) is 0 Å². The van der Waals surface area contributed by atoms with E-state index in [0.29, 0.717) is 0 Å². The molecule has 0 aliphatic carbocycles. The third kappa shape index (κ3) is 5.41. The molecule has 0 nitrogen and oxygen atoms in total. The second-order valence-corrected chi connectivity index (χ2v) is 6.93. The summed E-state index contributed by atoms with van der Waals surface area (Å²) in [6, 6.07) is 21.0. The Kier molecular flexibility index (Phi) is 7.32. The van der Waals surface area contributed by atoms with Gasteiger partial charge in [-0.05, 0) is 28.9 Å². The van der Waals surface area contributed by atoms with Gasteiger partial charge in [0, 0.05) is 14.3 Å². The fourth-order valence-corrected chi connectivity index (χ4v) is 3.75. The van der Waals surface area contributed by atoms with E-state index in [1.54, 1.807) is 0 Å². The van der Waals surface area contributed by atoms with Gasteiger partial charge < -0.3 is 0 Å². The van der Waals surface area contributed by atoms with Gasteiger partial charge in [-0.1, -0.05) is 92.0 Å². The lowest BCUT2D eigenvalue weighted by Crippen LogP contribution is -2.09. The minimum absolute atomic E-state index is 0.642. The summed E-state index contributed by atoms with van der Waals surface area (Å²) >= 11 is 0. The minimum atomic E-state index is -0.642. The summed E-state index contributed by atoms with van der Waals surface area (Å²) in [5.41, 5.74) is 3.38. The Bertz CT molecular complexity index is 626. The van der Waals surface area contributed by atoms with E-state index in [9.17, 15) is 0 Å². The summed E-state index contributed by atoms with van der Waals surface area (Å²) in [5.74, 6) is 9.26. The van der Waals surface area contributed by atoms with Gasteiger partial charge in [0.15, 0.2) is 0 Å². The van der Waals surface area contributed by atoms with Crippen LogP contribution in [0.3, 0.4) is 0 Å². The predicted molar refractivity (Wildman–Crippen MR) is 98.8 cm³/mol. The molecule has 2 aromatic carbocycles. The average Bonchev–Trinajstić information content (AvgIpc) is 2.59. The van der Waals surface area contributed by atoms with Crippen LogP contribution in [0.15, 0.2) is 60.7 Å². The predicted octanol–water partition coefficient (Wildman–Crippen LogP) is 4.66. The smallest absolute Gasteiger partial charge is 0.0355 e. The van der Waals surface area contributed by atoms with Crippen LogP contribution in [0.2, 0.25) is 0 Å². The quantitative estimate of drug-likeness (QED) is 0.428. The highest BCUT2D eigenvalue weighted by Gasteiger charge is 2.09. The second-order valence-electron chi connectivity index (χ2n) is 5.00. The van der Waals surface area contributed by atoms with Crippen molar-refractivity contribution < 1.29 is 0 Å². The molecule has 0 spiro atoms. The molecule has 0 aliphatic heterocycles. The van der Waals surface area contributed by atoms with Crippen molar-refractivity contribution in [2.24, 2.45) is 0 Å². The fraction of sp³-hybridized carbons (Fsp3) is 0.238. The molecule has 0 saturated carbocycles. The Morgan fingerprint density at radius 1 is 0.773 bits per heavy atom. The van der Waals surface area contributed by atoms with Gasteiger partial charge in [-0.15, -0.1) is 0 Å². The molecule has 0 unspecified atom stereocenters. The summed E-state index contributed by atoms with van der Waals surface area (Å²) in [4.78, 5) is 0. The van der Waals surface area contributed by atoms with Crippen molar-refractivity contribution in [2.45, 2.75) is 32.6 Å². The molecule has 0 aliphatic rings. The zero-order valence-corrected chi connectivity index (χ0v) is 13.9. The zero-order chi connectivity index (χ0) is 15.5. The molecule has 22 heavy (non-hydrogen) atoms. The van der Waals surface area contributed by atoms with Gasteiger partial charge in [0.05, 0.1) is 0 Å². The maximum atomic E-state index is 3.38. The van der Waals surface area contributed by atoms with Crippen LogP contribution >= 0.6 is 7.92 Å². The summed E-state index contributed by atoms with van der Waals surface area (Å²) in [5, 5.41) is 2.56. The van der Waals surface area contributed by atoms with E-state index >= 15 is 0 Å². The third-order valence-corrected chi connectivity index (χ3v) is 5.22. The molecule has 0 atom stereocenters. The van der Waals surface area contributed by atoms with Crippen molar-refractivity contribution in [1.82, 2.24) is 0 Å². The van der Waals surface area contributed by atoms with Crippen LogP contribution in [-0.2, 0) is 0 Å². The SMILES string of the molecule is CCCCCC#CC#CP(c1ccccc1)c1ccccc1. The summed E-state index contributed by atoms with van der Waals surface area (Å²) in [6.45, 7) is 2.21. The van der Waals surface area contributed by atoms with E-state index in [0.717, 1.165) is 6.42 Å². The van der Waals surface area contributed by atoms with E-state index in [1.165, 1.54) is 29.9 Å². The lowest BCUT2D eigenvalue weighted by molar-refractivity contribution is 0.737. The molecule has 0 bridgehead atoms.